The van der Waals surface area contributed by atoms with Crippen LogP contribution in [0.25, 0.3) is 0 Å². The molecule has 0 saturated carbocycles. The van der Waals surface area contributed by atoms with Crippen molar-refractivity contribution in [2.24, 2.45) is 7.05 Å². The molecule has 0 spiro atoms. The van der Waals surface area contributed by atoms with Crippen LogP contribution in [0.1, 0.15) is 34.2 Å². The van der Waals surface area contributed by atoms with Gasteiger partial charge in [0.25, 0.3) is 0 Å². The van der Waals surface area contributed by atoms with Gasteiger partial charge in [-0.25, -0.2) is 0 Å². The number of hydrogen-bond acceptors (Lipinski definition) is 2. The van der Waals surface area contributed by atoms with E-state index in [-0.39, 0.29) is 0 Å². The van der Waals surface area contributed by atoms with Crippen molar-refractivity contribution in [2.75, 3.05) is 0 Å². The molecule has 0 aliphatic heterocycles. The zero-order valence-electron chi connectivity index (χ0n) is 11.4. The monoisotopic (exact) mass is 284 g/mol. The Labute approximate surface area is 114 Å². The molecule has 3 nitrogen and oxygen atoms in total. The predicted molar refractivity (Wildman–Crippen MR) is 68.2 cm³/mol. The highest BCUT2D eigenvalue weighted by Gasteiger charge is 2.31. The molecule has 6 heteroatoms. The Bertz CT molecular complexity index is 632. The summed E-state index contributed by atoms with van der Waals surface area (Å²) in [5.74, 6) is 0. The number of alkyl halides is 3. The average molecular weight is 284 g/mol. The summed E-state index contributed by atoms with van der Waals surface area (Å²) >= 11 is 0. The first-order valence-electron chi connectivity index (χ1n) is 6.06. The lowest BCUT2D eigenvalue weighted by Gasteiger charge is -2.16. The third-order valence-corrected chi connectivity index (χ3v) is 3.21. The second kappa shape index (κ2) is 4.94. The molecule has 1 heterocycles. The van der Waals surface area contributed by atoms with Crippen LogP contribution < -0.4 is 0 Å². The molecule has 1 N–H and O–H groups in total. The summed E-state index contributed by atoms with van der Waals surface area (Å²) in [5.41, 5.74) is 1.41. The van der Waals surface area contributed by atoms with Crippen LogP contribution in [-0.4, -0.2) is 14.9 Å². The molecule has 1 aromatic carbocycles. The Morgan fingerprint density at radius 1 is 1.20 bits per heavy atom. The van der Waals surface area contributed by atoms with E-state index in [2.05, 4.69) is 5.10 Å². The van der Waals surface area contributed by atoms with Crippen molar-refractivity contribution >= 4 is 0 Å². The Morgan fingerprint density at radius 3 is 2.30 bits per heavy atom. The van der Waals surface area contributed by atoms with Gasteiger partial charge >= 0.3 is 6.18 Å². The van der Waals surface area contributed by atoms with Gasteiger partial charge in [-0.15, -0.1) is 0 Å². The van der Waals surface area contributed by atoms with E-state index in [4.69, 9.17) is 0 Å². The first-order valence-corrected chi connectivity index (χ1v) is 6.06. The fourth-order valence-corrected chi connectivity index (χ4v) is 2.20. The van der Waals surface area contributed by atoms with Crippen LogP contribution in [0.15, 0.2) is 24.3 Å². The number of benzene rings is 1. The SMILES string of the molecule is Cc1cc(C(O)c2ccc(C(F)(F)F)cc2C)n(C)n1. The number of hydrogen-bond donors (Lipinski definition) is 1. The summed E-state index contributed by atoms with van der Waals surface area (Å²) in [7, 11) is 1.69. The fourth-order valence-electron chi connectivity index (χ4n) is 2.20. The fraction of sp³-hybridized carbons (Fsp3) is 0.357. The Hall–Kier alpha value is -1.82. The number of aryl methyl sites for hydroxylation is 3. The molecular weight excluding hydrogens is 269 g/mol. The molecule has 0 amide bonds. The lowest BCUT2D eigenvalue weighted by atomic mass is 9.98. The van der Waals surface area contributed by atoms with E-state index in [0.29, 0.717) is 16.8 Å². The first-order chi connectivity index (χ1) is 9.20. The van der Waals surface area contributed by atoms with Crippen LogP contribution in [-0.2, 0) is 13.2 Å². The van der Waals surface area contributed by atoms with E-state index >= 15 is 0 Å². The molecule has 0 aliphatic rings. The van der Waals surface area contributed by atoms with E-state index < -0.39 is 17.8 Å². The molecule has 108 valence electrons. The van der Waals surface area contributed by atoms with Gasteiger partial charge in [0.05, 0.1) is 17.0 Å². The van der Waals surface area contributed by atoms with Gasteiger partial charge < -0.3 is 5.11 Å². The van der Waals surface area contributed by atoms with Gasteiger partial charge in [0.2, 0.25) is 0 Å². The van der Waals surface area contributed by atoms with Crippen LogP contribution in [0.2, 0.25) is 0 Å². The lowest BCUT2D eigenvalue weighted by Crippen LogP contribution is -2.10. The van der Waals surface area contributed by atoms with Gasteiger partial charge in [-0.05, 0) is 43.2 Å². The number of nitrogens with zero attached hydrogens (tertiary/aromatic N) is 2. The van der Waals surface area contributed by atoms with Crippen molar-refractivity contribution < 1.29 is 18.3 Å². The number of aromatic nitrogens is 2. The number of aliphatic hydroxyl groups is 1. The molecule has 0 saturated heterocycles. The molecule has 0 aliphatic carbocycles. The van der Waals surface area contributed by atoms with Crippen LogP contribution >= 0.6 is 0 Å². The van der Waals surface area contributed by atoms with E-state index in [1.165, 1.54) is 10.7 Å². The molecule has 1 atom stereocenters. The molecule has 0 radical (unpaired) electrons. The topological polar surface area (TPSA) is 38.0 Å². The Balaban J connectivity index is 2.41. The van der Waals surface area contributed by atoms with Gasteiger partial charge in [0.1, 0.15) is 6.10 Å². The Kier molecular flexibility index (Phi) is 3.60. The largest absolute Gasteiger partial charge is 0.416 e. The minimum atomic E-state index is -4.38. The maximum atomic E-state index is 12.6. The average Bonchev–Trinajstić information content (AvgIpc) is 2.66. The van der Waals surface area contributed by atoms with E-state index in [9.17, 15) is 18.3 Å². The minimum absolute atomic E-state index is 0.395. The van der Waals surface area contributed by atoms with Gasteiger partial charge in [-0.1, -0.05) is 6.07 Å². The molecule has 1 aromatic heterocycles. The summed E-state index contributed by atoms with van der Waals surface area (Å²) in [5, 5.41) is 14.4. The third kappa shape index (κ3) is 2.70. The lowest BCUT2D eigenvalue weighted by molar-refractivity contribution is -0.137. The molecule has 0 bridgehead atoms. The molecule has 20 heavy (non-hydrogen) atoms. The normalized spacial score (nSPS) is 13.6. The molecule has 1 unspecified atom stereocenters. The summed E-state index contributed by atoms with van der Waals surface area (Å²) < 4.78 is 39.4. The highest BCUT2D eigenvalue weighted by atomic mass is 19.4. The molecule has 0 fully saturated rings. The summed E-state index contributed by atoms with van der Waals surface area (Å²) in [4.78, 5) is 0. The first kappa shape index (κ1) is 14.6. The summed E-state index contributed by atoms with van der Waals surface area (Å²) in [6.07, 6.45) is -5.37. The van der Waals surface area contributed by atoms with Crippen LogP contribution in [0.5, 0.6) is 0 Å². The van der Waals surface area contributed by atoms with E-state index in [0.717, 1.165) is 17.8 Å². The van der Waals surface area contributed by atoms with E-state index in [1.807, 2.05) is 0 Å². The van der Waals surface area contributed by atoms with Crippen molar-refractivity contribution in [3.8, 4) is 0 Å². The summed E-state index contributed by atoms with van der Waals surface area (Å²) in [6, 6.07) is 5.05. The van der Waals surface area contributed by atoms with Crippen LogP contribution in [0.4, 0.5) is 13.2 Å². The van der Waals surface area contributed by atoms with Gasteiger partial charge in [-0.2, -0.15) is 18.3 Å². The second-order valence-electron chi connectivity index (χ2n) is 4.81. The minimum Gasteiger partial charge on any atom is -0.382 e. The Morgan fingerprint density at radius 2 is 1.85 bits per heavy atom. The maximum absolute atomic E-state index is 12.6. The van der Waals surface area contributed by atoms with Crippen molar-refractivity contribution in [3.63, 3.8) is 0 Å². The highest BCUT2D eigenvalue weighted by molar-refractivity contribution is 5.37. The third-order valence-electron chi connectivity index (χ3n) is 3.21. The quantitative estimate of drug-likeness (QED) is 0.920. The van der Waals surface area contributed by atoms with Crippen molar-refractivity contribution in [2.45, 2.75) is 26.1 Å². The van der Waals surface area contributed by atoms with Crippen molar-refractivity contribution in [1.82, 2.24) is 9.78 Å². The zero-order chi connectivity index (χ0) is 15.1. The molecular formula is C14H15F3N2O. The van der Waals surface area contributed by atoms with Crippen molar-refractivity contribution in [1.29, 1.82) is 0 Å². The number of aliphatic hydroxyl groups excluding tert-OH is 1. The predicted octanol–water partition coefficient (Wildman–Crippen LogP) is 3.14. The summed E-state index contributed by atoms with van der Waals surface area (Å²) in [6.45, 7) is 3.34. The zero-order valence-corrected chi connectivity index (χ0v) is 11.4. The van der Waals surface area contributed by atoms with Gasteiger partial charge in [0, 0.05) is 7.05 Å². The van der Waals surface area contributed by atoms with Gasteiger partial charge in [0.15, 0.2) is 0 Å². The van der Waals surface area contributed by atoms with Crippen LogP contribution in [0, 0.1) is 13.8 Å². The van der Waals surface area contributed by atoms with Crippen molar-refractivity contribution in [3.05, 3.63) is 52.3 Å². The molecule has 2 rings (SSSR count). The second-order valence-corrected chi connectivity index (χ2v) is 4.81. The highest BCUT2D eigenvalue weighted by Crippen LogP contribution is 2.33. The van der Waals surface area contributed by atoms with Gasteiger partial charge in [-0.3, -0.25) is 4.68 Å². The van der Waals surface area contributed by atoms with E-state index in [1.54, 1.807) is 27.0 Å². The van der Waals surface area contributed by atoms with Crippen LogP contribution in [0.3, 0.4) is 0 Å². The maximum Gasteiger partial charge on any atom is 0.416 e. The number of halogens is 3. The smallest absolute Gasteiger partial charge is 0.382 e. The standard InChI is InChI=1S/C14H15F3N2O/c1-8-6-10(14(15,16)17)4-5-11(8)13(20)12-7-9(2)18-19(12)3/h4-7,13,20H,1-3H3. The number of rotatable bonds is 2. The molecule has 2 aromatic rings.